The number of rotatable bonds is 4. The molecule has 2 aliphatic rings. The van der Waals surface area contributed by atoms with Crippen LogP contribution in [0.2, 0.25) is 0 Å². The molecule has 10 heteroatoms. The zero-order valence-electron chi connectivity index (χ0n) is 19.0. The van der Waals surface area contributed by atoms with E-state index in [-0.39, 0.29) is 11.3 Å². The van der Waals surface area contributed by atoms with Crippen molar-refractivity contribution in [3.63, 3.8) is 0 Å². The second-order valence-corrected chi connectivity index (χ2v) is 9.15. The number of hydrogen-bond donors (Lipinski definition) is 1. The molecule has 2 aromatic carbocycles. The van der Waals surface area contributed by atoms with Crippen molar-refractivity contribution in [2.24, 2.45) is 0 Å². The predicted octanol–water partition coefficient (Wildman–Crippen LogP) is 4.10. The number of hydrogen-bond acceptors (Lipinski definition) is 9. The van der Waals surface area contributed by atoms with Crippen molar-refractivity contribution >= 4 is 44.1 Å². The van der Waals surface area contributed by atoms with Gasteiger partial charge in [0.15, 0.2) is 16.6 Å². The summed E-state index contributed by atoms with van der Waals surface area (Å²) in [6, 6.07) is 12.8. The Hall–Kier alpha value is -4.44. The lowest BCUT2D eigenvalue weighted by Crippen LogP contribution is -2.29. The highest BCUT2D eigenvalue weighted by atomic mass is 32.1. The number of aliphatic hydroxyl groups is 1. The van der Waals surface area contributed by atoms with Crippen molar-refractivity contribution in [2.75, 3.05) is 25.2 Å². The quantitative estimate of drug-likeness (QED) is 0.253. The second kappa shape index (κ2) is 8.65. The summed E-state index contributed by atoms with van der Waals surface area (Å²) in [5.74, 6) is -0.224. The molecule has 0 bridgehead atoms. The van der Waals surface area contributed by atoms with Crippen LogP contribution in [-0.2, 0) is 9.59 Å². The van der Waals surface area contributed by atoms with Gasteiger partial charge in [0.2, 0.25) is 0 Å². The molecule has 180 valence electrons. The van der Waals surface area contributed by atoms with Crippen LogP contribution in [0.5, 0.6) is 17.2 Å². The van der Waals surface area contributed by atoms with Crippen molar-refractivity contribution in [2.45, 2.75) is 6.04 Å². The molecule has 1 N–H and O–H groups in total. The summed E-state index contributed by atoms with van der Waals surface area (Å²) in [6.07, 6.45) is 3.14. The highest BCUT2D eigenvalue weighted by Crippen LogP contribution is 2.45. The molecule has 9 nitrogen and oxygen atoms in total. The van der Waals surface area contributed by atoms with Crippen molar-refractivity contribution < 1.29 is 28.9 Å². The minimum absolute atomic E-state index is 0.0419. The lowest BCUT2D eigenvalue weighted by atomic mass is 9.96. The molecule has 2 aliphatic heterocycles. The fourth-order valence-electron chi connectivity index (χ4n) is 4.36. The maximum absolute atomic E-state index is 13.4. The number of carbonyl (C=O) groups excluding carboxylic acids is 2. The van der Waals surface area contributed by atoms with E-state index in [0.717, 1.165) is 4.70 Å². The number of ether oxygens (including phenoxy) is 3. The van der Waals surface area contributed by atoms with Crippen LogP contribution in [0, 0.1) is 0 Å². The average Bonchev–Trinajstić information content (AvgIpc) is 3.46. The third-order valence-corrected chi connectivity index (χ3v) is 7.09. The van der Waals surface area contributed by atoms with Gasteiger partial charge in [0.1, 0.15) is 24.7 Å². The summed E-state index contributed by atoms with van der Waals surface area (Å²) in [7, 11) is 1.57. The van der Waals surface area contributed by atoms with Crippen molar-refractivity contribution in [1.82, 2.24) is 9.97 Å². The molecular formula is C26H19N3O6S. The standard InChI is InChI=1S/C26H19N3O6S/c1-33-16-3-4-17-20(13-16)36-26(28-17)29-22(14-6-8-27-9-7-14)21(24(31)25(29)32)23(30)15-2-5-18-19(12-15)35-11-10-34-18/h2-9,12-13,22,30H,10-11H2,1H3/b23-21+. The maximum Gasteiger partial charge on any atom is 0.301 e. The Bertz CT molecular complexity index is 1550. The smallest absolute Gasteiger partial charge is 0.301 e. The van der Waals surface area contributed by atoms with Crippen LogP contribution in [0.1, 0.15) is 17.2 Å². The van der Waals surface area contributed by atoms with Gasteiger partial charge < -0.3 is 19.3 Å². The summed E-state index contributed by atoms with van der Waals surface area (Å²) in [5, 5.41) is 11.7. The zero-order valence-corrected chi connectivity index (χ0v) is 19.8. The van der Waals surface area contributed by atoms with Crippen LogP contribution >= 0.6 is 11.3 Å². The van der Waals surface area contributed by atoms with Crippen LogP contribution in [0.4, 0.5) is 5.13 Å². The number of anilines is 1. The summed E-state index contributed by atoms with van der Waals surface area (Å²) in [4.78, 5) is 36.8. The molecule has 1 saturated heterocycles. The van der Waals surface area contributed by atoms with Gasteiger partial charge in [0, 0.05) is 18.0 Å². The molecule has 0 saturated carbocycles. The van der Waals surface area contributed by atoms with Crippen LogP contribution in [0.25, 0.3) is 16.0 Å². The molecule has 2 aromatic heterocycles. The van der Waals surface area contributed by atoms with Crippen molar-refractivity contribution in [3.05, 3.63) is 77.6 Å². The third-order valence-electron chi connectivity index (χ3n) is 6.07. The molecule has 0 aliphatic carbocycles. The number of carbonyl (C=O) groups is 2. The number of thiazole rings is 1. The zero-order chi connectivity index (χ0) is 24.8. The van der Waals surface area contributed by atoms with E-state index >= 15 is 0 Å². The van der Waals surface area contributed by atoms with Gasteiger partial charge in [-0.25, -0.2) is 4.98 Å². The summed E-state index contributed by atoms with van der Waals surface area (Å²) < 4.78 is 17.3. The van der Waals surface area contributed by atoms with Gasteiger partial charge in [-0.05, 0) is 54.1 Å². The number of aliphatic hydroxyl groups excluding tert-OH is 1. The highest BCUT2D eigenvalue weighted by Gasteiger charge is 2.48. The number of amides is 1. The number of ketones is 1. The Balaban J connectivity index is 1.52. The van der Waals surface area contributed by atoms with E-state index in [0.29, 0.717) is 52.2 Å². The SMILES string of the molecule is COc1ccc2nc(N3C(=O)C(=O)/C(=C(/O)c4ccc5c(c4)OCCO5)C3c3ccncc3)sc2c1. The first-order valence-corrected chi connectivity index (χ1v) is 11.9. The summed E-state index contributed by atoms with van der Waals surface area (Å²) in [5.41, 5.74) is 1.57. The lowest BCUT2D eigenvalue weighted by Gasteiger charge is -2.23. The first-order valence-electron chi connectivity index (χ1n) is 11.1. The number of pyridine rings is 1. The molecule has 4 heterocycles. The molecule has 36 heavy (non-hydrogen) atoms. The van der Waals surface area contributed by atoms with E-state index in [1.807, 2.05) is 6.07 Å². The maximum atomic E-state index is 13.4. The Morgan fingerprint density at radius 1 is 1.06 bits per heavy atom. The fraction of sp³-hybridized carbons (Fsp3) is 0.154. The van der Waals surface area contributed by atoms with Gasteiger partial charge in [-0.1, -0.05) is 11.3 Å². The normalized spacial score (nSPS) is 18.6. The van der Waals surface area contributed by atoms with E-state index in [2.05, 4.69) is 9.97 Å². The van der Waals surface area contributed by atoms with Crippen LogP contribution in [0.3, 0.4) is 0 Å². The summed E-state index contributed by atoms with van der Waals surface area (Å²) in [6.45, 7) is 0.806. The topological polar surface area (TPSA) is 111 Å². The molecule has 0 radical (unpaired) electrons. The number of benzene rings is 2. The molecule has 1 atom stereocenters. The number of nitrogens with zero attached hydrogens (tertiary/aromatic N) is 3. The van der Waals surface area contributed by atoms with Crippen LogP contribution < -0.4 is 19.1 Å². The van der Waals surface area contributed by atoms with Crippen LogP contribution in [0.15, 0.2) is 66.5 Å². The van der Waals surface area contributed by atoms with E-state index in [1.165, 1.54) is 16.2 Å². The van der Waals surface area contributed by atoms with E-state index < -0.39 is 17.7 Å². The van der Waals surface area contributed by atoms with Crippen LogP contribution in [-0.4, -0.2) is 47.1 Å². The number of Topliss-reactive ketones (excluding diaryl/α,β-unsaturated/α-hetero) is 1. The van der Waals surface area contributed by atoms with Gasteiger partial charge in [0.05, 0.1) is 28.9 Å². The van der Waals surface area contributed by atoms with E-state index in [1.54, 1.807) is 62.0 Å². The molecule has 0 spiro atoms. The Kier molecular flexibility index (Phi) is 5.30. The minimum Gasteiger partial charge on any atom is -0.507 e. The Morgan fingerprint density at radius 2 is 1.83 bits per heavy atom. The monoisotopic (exact) mass is 501 g/mol. The molecule has 6 rings (SSSR count). The highest BCUT2D eigenvalue weighted by molar-refractivity contribution is 7.22. The molecule has 1 unspecified atom stereocenters. The van der Waals surface area contributed by atoms with Gasteiger partial charge >= 0.3 is 5.91 Å². The second-order valence-electron chi connectivity index (χ2n) is 8.14. The first kappa shape index (κ1) is 22.1. The molecular weight excluding hydrogens is 482 g/mol. The van der Waals surface area contributed by atoms with Gasteiger partial charge in [-0.3, -0.25) is 19.5 Å². The lowest BCUT2D eigenvalue weighted by molar-refractivity contribution is -0.132. The van der Waals surface area contributed by atoms with Gasteiger partial charge in [0.25, 0.3) is 5.78 Å². The Morgan fingerprint density at radius 3 is 2.61 bits per heavy atom. The largest absolute Gasteiger partial charge is 0.507 e. The molecule has 4 aromatic rings. The van der Waals surface area contributed by atoms with E-state index in [4.69, 9.17) is 14.2 Å². The summed E-state index contributed by atoms with van der Waals surface area (Å²) >= 11 is 1.26. The average molecular weight is 502 g/mol. The minimum atomic E-state index is -0.899. The fourth-order valence-corrected chi connectivity index (χ4v) is 5.38. The first-order chi connectivity index (χ1) is 17.5. The van der Waals surface area contributed by atoms with Gasteiger partial charge in [-0.15, -0.1) is 0 Å². The molecule has 1 amide bonds. The van der Waals surface area contributed by atoms with Crippen molar-refractivity contribution in [1.29, 1.82) is 0 Å². The number of fused-ring (bicyclic) bond motifs is 2. The number of aromatic nitrogens is 2. The predicted molar refractivity (Wildman–Crippen MR) is 133 cm³/mol. The van der Waals surface area contributed by atoms with Crippen molar-refractivity contribution in [3.8, 4) is 17.2 Å². The van der Waals surface area contributed by atoms with E-state index in [9.17, 15) is 14.7 Å². The Labute approximate surface area is 209 Å². The van der Waals surface area contributed by atoms with Gasteiger partial charge in [-0.2, -0.15) is 0 Å². The number of methoxy groups -OCH3 is 1. The molecule has 1 fully saturated rings. The third kappa shape index (κ3) is 3.54.